The lowest BCUT2D eigenvalue weighted by molar-refractivity contribution is -0.151. The highest BCUT2D eigenvalue weighted by Gasteiger charge is 2.29. The van der Waals surface area contributed by atoms with Crippen LogP contribution in [-0.4, -0.2) is 37.2 Å². The van der Waals surface area contributed by atoms with Gasteiger partial charge < -0.3 is 9.47 Å². The van der Waals surface area contributed by atoms with Gasteiger partial charge in [0, 0.05) is 6.54 Å². The van der Waals surface area contributed by atoms with Gasteiger partial charge in [-0.25, -0.2) is 0 Å². The molecule has 1 aromatic carbocycles. The minimum Gasteiger partial charge on any atom is -0.497 e. The molecule has 1 aliphatic rings. The smallest absolute Gasteiger partial charge is 0.323 e. The van der Waals surface area contributed by atoms with E-state index in [1.807, 2.05) is 19.1 Å². The zero-order valence-corrected chi connectivity index (χ0v) is 12.3. The highest BCUT2D eigenvalue weighted by atomic mass is 16.5. The van der Waals surface area contributed by atoms with E-state index in [2.05, 4.69) is 17.0 Å². The van der Waals surface area contributed by atoms with Crippen LogP contribution in [0.5, 0.6) is 5.75 Å². The lowest BCUT2D eigenvalue weighted by Crippen LogP contribution is -2.44. The SMILES string of the molecule is CCOC(=O)[C@@H]1CCCCN1Cc1ccc(OC)cc1. The molecule has 110 valence electrons. The molecular weight excluding hydrogens is 254 g/mol. The number of nitrogens with zero attached hydrogens (tertiary/aromatic N) is 1. The van der Waals surface area contributed by atoms with Gasteiger partial charge in [0.2, 0.25) is 0 Å². The maximum atomic E-state index is 12.0. The number of methoxy groups -OCH3 is 1. The van der Waals surface area contributed by atoms with E-state index in [4.69, 9.17) is 9.47 Å². The third-order valence-corrected chi connectivity index (χ3v) is 3.72. The first-order valence-electron chi connectivity index (χ1n) is 7.28. The van der Waals surface area contributed by atoms with Crippen LogP contribution in [0.3, 0.4) is 0 Å². The minimum atomic E-state index is -0.0919. The van der Waals surface area contributed by atoms with Gasteiger partial charge in [-0.3, -0.25) is 9.69 Å². The first kappa shape index (κ1) is 14.9. The Kier molecular flexibility index (Phi) is 5.41. The summed E-state index contributed by atoms with van der Waals surface area (Å²) in [6, 6.07) is 7.92. The van der Waals surface area contributed by atoms with Crippen molar-refractivity contribution in [3.05, 3.63) is 29.8 Å². The summed E-state index contributed by atoms with van der Waals surface area (Å²) in [4.78, 5) is 14.2. The van der Waals surface area contributed by atoms with Gasteiger partial charge in [-0.2, -0.15) is 0 Å². The second kappa shape index (κ2) is 7.29. The van der Waals surface area contributed by atoms with Crippen LogP contribution in [0.2, 0.25) is 0 Å². The molecule has 4 heteroatoms. The summed E-state index contributed by atoms with van der Waals surface area (Å²) in [6.45, 7) is 4.04. The van der Waals surface area contributed by atoms with E-state index in [-0.39, 0.29) is 12.0 Å². The topological polar surface area (TPSA) is 38.8 Å². The largest absolute Gasteiger partial charge is 0.497 e. The first-order valence-corrected chi connectivity index (χ1v) is 7.28. The molecule has 0 amide bonds. The fraction of sp³-hybridized carbons (Fsp3) is 0.562. The van der Waals surface area contributed by atoms with Crippen LogP contribution in [0, 0.1) is 0 Å². The monoisotopic (exact) mass is 277 g/mol. The van der Waals surface area contributed by atoms with Crippen LogP contribution < -0.4 is 4.74 Å². The summed E-state index contributed by atoms with van der Waals surface area (Å²) in [5.74, 6) is 0.773. The van der Waals surface area contributed by atoms with Crippen LogP contribution in [0.15, 0.2) is 24.3 Å². The van der Waals surface area contributed by atoms with Crippen molar-refractivity contribution in [2.24, 2.45) is 0 Å². The van der Waals surface area contributed by atoms with E-state index in [1.54, 1.807) is 7.11 Å². The fourth-order valence-electron chi connectivity index (χ4n) is 2.65. The summed E-state index contributed by atoms with van der Waals surface area (Å²) in [5.41, 5.74) is 1.20. The van der Waals surface area contributed by atoms with Gasteiger partial charge in [0.25, 0.3) is 0 Å². The molecule has 0 aliphatic carbocycles. The molecule has 0 unspecified atom stereocenters. The Labute approximate surface area is 120 Å². The summed E-state index contributed by atoms with van der Waals surface area (Å²) in [5, 5.41) is 0. The molecule has 4 nitrogen and oxygen atoms in total. The number of ether oxygens (including phenoxy) is 2. The van der Waals surface area contributed by atoms with Crippen molar-refractivity contribution in [2.75, 3.05) is 20.3 Å². The average molecular weight is 277 g/mol. The fourth-order valence-corrected chi connectivity index (χ4v) is 2.65. The van der Waals surface area contributed by atoms with Crippen LogP contribution in [0.1, 0.15) is 31.7 Å². The number of carbonyl (C=O) groups excluding carboxylic acids is 1. The molecule has 0 radical (unpaired) electrons. The molecule has 0 spiro atoms. The molecule has 2 rings (SSSR count). The van der Waals surface area contributed by atoms with Gasteiger partial charge in [-0.1, -0.05) is 18.6 Å². The van der Waals surface area contributed by atoms with Gasteiger partial charge in [-0.15, -0.1) is 0 Å². The Balaban J connectivity index is 2.02. The molecule has 0 aromatic heterocycles. The summed E-state index contributed by atoms with van der Waals surface area (Å²) in [6.07, 6.45) is 3.14. The molecule has 0 saturated carbocycles. The number of likely N-dealkylation sites (tertiary alicyclic amines) is 1. The molecule has 1 fully saturated rings. The Morgan fingerprint density at radius 3 is 2.70 bits per heavy atom. The first-order chi connectivity index (χ1) is 9.74. The third-order valence-electron chi connectivity index (χ3n) is 3.72. The van der Waals surface area contributed by atoms with E-state index in [0.717, 1.165) is 38.1 Å². The molecule has 1 aliphatic heterocycles. The Morgan fingerprint density at radius 1 is 1.30 bits per heavy atom. The van der Waals surface area contributed by atoms with Crippen LogP contribution in [0.25, 0.3) is 0 Å². The van der Waals surface area contributed by atoms with E-state index in [9.17, 15) is 4.79 Å². The molecule has 20 heavy (non-hydrogen) atoms. The van der Waals surface area contributed by atoms with Gasteiger partial charge in [0.15, 0.2) is 0 Å². The number of esters is 1. The maximum Gasteiger partial charge on any atom is 0.323 e. The van der Waals surface area contributed by atoms with Crippen molar-refractivity contribution in [3.63, 3.8) is 0 Å². The van der Waals surface area contributed by atoms with E-state index in [1.165, 1.54) is 5.56 Å². The molecule has 1 saturated heterocycles. The maximum absolute atomic E-state index is 12.0. The van der Waals surface area contributed by atoms with Crippen molar-refractivity contribution in [3.8, 4) is 5.75 Å². The number of hydrogen-bond donors (Lipinski definition) is 0. The third kappa shape index (κ3) is 3.73. The molecular formula is C16H23NO3. The summed E-state index contributed by atoms with van der Waals surface area (Å²) >= 11 is 0. The number of rotatable bonds is 5. The van der Waals surface area contributed by atoms with Crippen LogP contribution in [0.4, 0.5) is 0 Å². The Bertz CT molecular complexity index is 430. The predicted molar refractivity (Wildman–Crippen MR) is 77.7 cm³/mol. The summed E-state index contributed by atoms with van der Waals surface area (Å²) < 4.78 is 10.3. The number of carbonyl (C=O) groups is 1. The Hall–Kier alpha value is -1.55. The van der Waals surface area contributed by atoms with Crippen molar-refractivity contribution < 1.29 is 14.3 Å². The van der Waals surface area contributed by atoms with E-state index < -0.39 is 0 Å². The van der Waals surface area contributed by atoms with E-state index in [0.29, 0.717) is 6.61 Å². The highest BCUT2D eigenvalue weighted by Crippen LogP contribution is 2.21. The minimum absolute atomic E-state index is 0.0827. The van der Waals surface area contributed by atoms with Gasteiger partial charge in [-0.05, 0) is 44.0 Å². The quantitative estimate of drug-likeness (QED) is 0.776. The van der Waals surface area contributed by atoms with Crippen LogP contribution >= 0.6 is 0 Å². The van der Waals surface area contributed by atoms with Crippen molar-refractivity contribution in [2.45, 2.75) is 38.8 Å². The lowest BCUT2D eigenvalue weighted by atomic mass is 10.0. The van der Waals surface area contributed by atoms with E-state index >= 15 is 0 Å². The normalized spacial score (nSPS) is 19.6. The molecule has 0 N–H and O–H groups in total. The van der Waals surface area contributed by atoms with Crippen molar-refractivity contribution in [1.29, 1.82) is 0 Å². The molecule has 1 aromatic rings. The average Bonchev–Trinajstić information content (AvgIpc) is 2.49. The van der Waals surface area contributed by atoms with Gasteiger partial charge in [0.1, 0.15) is 11.8 Å². The second-order valence-electron chi connectivity index (χ2n) is 5.08. The molecule has 1 atom stereocenters. The lowest BCUT2D eigenvalue weighted by Gasteiger charge is -2.33. The van der Waals surface area contributed by atoms with Gasteiger partial charge in [0.05, 0.1) is 13.7 Å². The zero-order valence-electron chi connectivity index (χ0n) is 12.3. The van der Waals surface area contributed by atoms with Crippen molar-refractivity contribution in [1.82, 2.24) is 4.90 Å². The molecule has 1 heterocycles. The van der Waals surface area contributed by atoms with Crippen molar-refractivity contribution >= 4 is 5.97 Å². The number of benzene rings is 1. The zero-order chi connectivity index (χ0) is 14.4. The highest BCUT2D eigenvalue weighted by molar-refractivity contribution is 5.75. The number of piperidine rings is 1. The number of hydrogen-bond acceptors (Lipinski definition) is 4. The standard InChI is InChI=1S/C16H23NO3/c1-3-20-16(18)15-6-4-5-11-17(15)12-13-7-9-14(19-2)10-8-13/h7-10,15H,3-6,11-12H2,1-2H3/t15-/m0/s1. The van der Waals surface area contributed by atoms with Gasteiger partial charge >= 0.3 is 5.97 Å². The summed E-state index contributed by atoms with van der Waals surface area (Å²) in [7, 11) is 1.66. The predicted octanol–water partition coefficient (Wildman–Crippen LogP) is 2.61. The Morgan fingerprint density at radius 2 is 2.05 bits per heavy atom. The second-order valence-corrected chi connectivity index (χ2v) is 5.08. The molecule has 0 bridgehead atoms. The van der Waals surface area contributed by atoms with Crippen LogP contribution in [-0.2, 0) is 16.1 Å².